The summed E-state index contributed by atoms with van der Waals surface area (Å²) in [5.74, 6) is -1.29. The Labute approximate surface area is 163 Å². The van der Waals surface area contributed by atoms with Gasteiger partial charge in [0, 0.05) is 17.5 Å². The quantitative estimate of drug-likeness (QED) is 0.317. The summed E-state index contributed by atoms with van der Waals surface area (Å²) >= 11 is 0. The number of unbranched alkanes of at least 4 members (excludes halogenated alkanes) is 3. The van der Waals surface area contributed by atoms with Crippen molar-refractivity contribution in [3.05, 3.63) is 29.3 Å². The molecule has 0 aliphatic carbocycles. The van der Waals surface area contributed by atoms with E-state index in [2.05, 4.69) is 12.2 Å². The van der Waals surface area contributed by atoms with Crippen molar-refractivity contribution in [2.75, 3.05) is 0 Å². The zero-order chi connectivity index (χ0) is 20.1. The first-order chi connectivity index (χ1) is 13.5. The molecule has 1 N–H and O–H groups in total. The highest BCUT2D eigenvalue weighted by Crippen LogP contribution is 2.33. The third kappa shape index (κ3) is 4.32. The summed E-state index contributed by atoms with van der Waals surface area (Å²) in [4.78, 5) is 59.5. The third-order valence-electron chi connectivity index (χ3n) is 5.00. The van der Waals surface area contributed by atoms with Gasteiger partial charge in [0.25, 0.3) is 5.91 Å². The minimum atomic E-state index is -0.702. The van der Waals surface area contributed by atoms with Gasteiger partial charge in [-0.3, -0.25) is 29.5 Å². The molecule has 0 spiro atoms. The molecule has 150 valence electrons. The maximum atomic E-state index is 12.7. The van der Waals surface area contributed by atoms with Gasteiger partial charge < -0.3 is 4.90 Å². The molecule has 1 aromatic carbocycles. The number of rotatable bonds is 8. The molecule has 1 aromatic rings. The van der Waals surface area contributed by atoms with E-state index >= 15 is 0 Å². The van der Waals surface area contributed by atoms with Crippen LogP contribution in [0.3, 0.4) is 0 Å². The number of nitrogens with zero attached hydrogens (tertiary/aromatic N) is 1. The molecule has 2 aliphatic heterocycles. The topological polar surface area (TPSA) is 102 Å². The second kappa shape index (κ2) is 8.86. The predicted octanol–water partition coefficient (Wildman–Crippen LogP) is 2.25. The second-order valence-corrected chi connectivity index (χ2v) is 7.03. The number of hydrogen-bond acceptors (Lipinski definition) is 6. The predicted molar refractivity (Wildman–Crippen MR) is 98.0 cm³/mol. The van der Waals surface area contributed by atoms with E-state index in [0.717, 1.165) is 25.7 Å². The largest absolute Gasteiger partial charge is 0.355 e. The van der Waals surface area contributed by atoms with E-state index in [9.17, 15) is 19.2 Å². The fourth-order valence-corrected chi connectivity index (χ4v) is 3.46. The van der Waals surface area contributed by atoms with Gasteiger partial charge in [0.05, 0.1) is 13.0 Å². The normalized spacial score (nSPS) is 18.7. The van der Waals surface area contributed by atoms with Crippen LogP contribution in [-0.2, 0) is 25.8 Å². The van der Waals surface area contributed by atoms with Gasteiger partial charge in [-0.1, -0.05) is 32.3 Å². The average Bonchev–Trinajstić information content (AvgIpc) is 3.01. The van der Waals surface area contributed by atoms with Crippen LogP contribution in [0.25, 0.3) is 0 Å². The summed E-state index contributed by atoms with van der Waals surface area (Å²) in [5, 5.41) is 2.26. The first-order valence-corrected chi connectivity index (χ1v) is 9.65. The fourth-order valence-electron chi connectivity index (χ4n) is 3.46. The maximum Gasteiger partial charge on any atom is 0.355 e. The van der Waals surface area contributed by atoms with Gasteiger partial charge in [-0.15, -0.1) is 0 Å². The van der Waals surface area contributed by atoms with Gasteiger partial charge in [0.2, 0.25) is 11.8 Å². The Balaban J connectivity index is 1.63. The molecule has 2 aliphatic rings. The van der Waals surface area contributed by atoms with Gasteiger partial charge >= 0.3 is 5.97 Å². The molecule has 1 saturated heterocycles. The second-order valence-electron chi connectivity index (χ2n) is 7.03. The van der Waals surface area contributed by atoms with Crippen molar-refractivity contribution in [3.8, 4) is 5.75 Å². The molecule has 3 rings (SSSR count). The van der Waals surface area contributed by atoms with E-state index in [1.54, 1.807) is 18.2 Å². The molecule has 2 heterocycles. The first-order valence-electron chi connectivity index (χ1n) is 9.65. The van der Waals surface area contributed by atoms with Crippen LogP contribution in [0.5, 0.6) is 5.75 Å². The molecular formula is C20H24N2O6. The highest BCUT2D eigenvalue weighted by atomic mass is 17.2. The smallest absolute Gasteiger partial charge is 0.322 e. The van der Waals surface area contributed by atoms with Crippen LogP contribution >= 0.6 is 0 Å². The van der Waals surface area contributed by atoms with Gasteiger partial charge in [0.15, 0.2) is 5.75 Å². The molecule has 0 bridgehead atoms. The number of carbonyl (C=O) groups is 4. The molecule has 0 saturated carbocycles. The standard InChI is InChI=1S/C20H24N2O6/c1-2-3-4-5-9-18(24)28-27-16-8-6-7-13-14(16)12-22(20(13)26)15-10-11-17(23)21-19(15)25/h6-8,15H,2-5,9-12H2,1H3,(H,21,23,25). The van der Waals surface area contributed by atoms with Gasteiger partial charge in [-0.25, -0.2) is 4.79 Å². The third-order valence-corrected chi connectivity index (χ3v) is 5.00. The fraction of sp³-hybridized carbons (Fsp3) is 0.500. The van der Waals surface area contributed by atoms with E-state index in [1.807, 2.05) is 0 Å². The Kier molecular flexibility index (Phi) is 6.28. The Morgan fingerprint density at radius 2 is 2.04 bits per heavy atom. The SMILES string of the molecule is CCCCCCC(=O)OOc1cccc2c1CN(C1CCC(=O)NC1=O)C2=O. The summed E-state index contributed by atoms with van der Waals surface area (Å²) in [7, 11) is 0. The summed E-state index contributed by atoms with van der Waals surface area (Å²) in [6.07, 6.45) is 4.60. The summed E-state index contributed by atoms with van der Waals surface area (Å²) in [6, 6.07) is 4.19. The number of hydrogen-bond donors (Lipinski definition) is 1. The molecule has 1 fully saturated rings. The number of fused-ring (bicyclic) bond motifs is 1. The van der Waals surface area contributed by atoms with Crippen LogP contribution < -0.4 is 10.2 Å². The first kappa shape index (κ1) is 19.9. The van der Waals surface area contributed by atoms with Crippen LogP contribution in [0.1, 0.15) is 67.8 Å². The number of imide groups is 1. The molecule has 8 heteroatoms. The minimum Gasteiger partial charge on any atom is -0.322 e. The van der Waals surface area contributed by atoms with E-state index < -0.39 is 17.9 Å². The van der Waals surface area contributed by atoms with Crippen molar-refractivity contribution in [1.29, 1.82) is 0 Å². The van der Waals surface area contributed by atoms with E-state index in [0.29, 0.717) is 11.1 Å². The number of carbonyl (C=O) groups excluding carboxylic acids is 4. The van der Waals surface area contributed by atoms with E-state index in [1.165, 1.54) is 4.90 Å². The van der Waals surface area contributed by atoms with Crippen LogP contribution in [-0.4, -0.2) is 34.6 Å². The van der Waals surface area contributed by atoms with Crippen LogP contribution in [0.4, 0.5) is 0 Å². The Hall–Kier alpha value is -2.90. The highest BCUT2D eigenvalue weighted by molar-refractivity contribution is 6.05. The highest BCUT2D eigenvalue weighted by Gasteiger charge is 2.40. The Morgan fingerprint density at radius 3 is 2.79 bits per heavy atom. The van der Waals surface area contributed by atoms with Crippen LogP contribution in [0, 0.1) is 0 Å². The molecule has 3 amide bonds. The number of nitrogens with one attached hydrogen (secondary N) is 1. The molecule has 1 unspecified atom stereocenters. The summed E-state index contributed by atoms with van der Waals surface area (Å²) < 4.78 is 0. The zero-order valence-corrected chi connectivity index (χ0v) is 15.9. The summed E-state index contributed by atoms with van der Waals surface area (Å²) in [5.41, 5.74) is 0.970. The summed E-state index contributed by atoms with van der Waals surface area (Å²) in [6.45, 7) is 2.25. The lowest BCUT2D eigenvalue weighted by molar-refractivity contribution is -0.214. The van der Waals surface area contributed by atoms with Crippen molar-refractivity contribution in [2.24, 2.45) is 0 Å². The lowest BCUT2D eigenvalue weighted by Crippen LogP contribution is -2.52. The van der Waals surface area contributed by atoms with Crippen LogP contribution in [0.2, 0.25) is 0 Å². The van der Waals surface area contributed by atoms with Gasteiger partial charge in [-0.2, -0.15) is 0 Å². The minimum absolute atomic E-state index is 0.157. The monoisotopic (exact) mass is 388 g/mol. The lowest BCUT2D eigenvalue weighted by atomic mass is 10.0. The molecule has 8 nitrogen and oxygen atoms in total. The van der Waals surface area contributed by atoms with Crippen molar-refractivity contribution in [3.63, 3.8) is 0 Å². The van der Waals surface area contributed by atoms with Crippen molar-refractivity contribution in [1.82, 2.24) is 10.2 Å². The molecule has 28 heavy (non-hydrogen) atoms. The van der Waals surface area contributed by atoms with Crippen molar-refractivity contribution >= 4 is 23.7 Å². The average molecular weight is 388 g/mol. The van der Waals surface area contributed by atoms with E-state index in [-0.39, 0.29) is 43.4 Å². The maximum absolute atomic E-state index is 12.7. The molecule has 0 radical (unpaired) electrons. The van der Waals surface area contributed by atoms with Crippen molar-refractivity contribution in [2.45, 2.75) is 64.5 Å². The molecule has 0 aromatic heterocycles. The number of benzene rings is 1. The molecule has 1 atom stereocenters. The van der Waals surface area contributed by atoms with Gasteiger partial charge in [-0.05, 0) is 25.0 Å². The van der Waals surface area contributed by atoms with E-state index in [4.69, 9.17) is 9.78 Å². The van der Waals surface area contributed by atoms with Crippen molar-refractivity contribution < 1.29 is 29.0 Å². The van der Waals surface area contributed by atoms with Crippen LogP contribution in [0.15, 0.2) is 18.2 Å². The lowest BCUT2D eigenvalue weighted by Gasteiger charge is -2.29. The number of piperidine rings is 1. The zero-order valence-electron chi connectivity index (χ0n) is 15.9. The number of amides is 3. The Morgan fingerprint density at radius 1 is 1.21 bits per heavy atom. The van der Waals surface area contributed by atoms with Gasteiger partial charge in [0.1, 0.15) is 6.04 Å². The molecular weight excluding hydrogens is 364 g/mol. The Bertz CT molecular complexity index is 791.